The molecule has 3 aromatic carbocycles. The molecule has 0 heterocycles. The maximum Gasteiger partial charge on any atom is 0.166 e. The fourth-order valence-corrected chi connectivity index (χ4v) is 4.68. The molecule has 0 aliphatic heterocycles. The highest BCUT2D eigenvalue weighted by atomic mass is 19.2. The molecule has 0 amide bonds. The molecule has 5 heteroatoms. The summed E-state index contributed by atoms with van der Waals surface area (Å²) in [4.78, 5) is 0. The lowest BCUT2D eigenvalue weighted by atomic mass is 9.77. The molecule has 0 N–H and O–H groups in total. The van der Waals surface area contributed by atoms with E-state index in [1.807, 2.05) is 0 Å². The van der Waals surface area contributed by atoms with Gasteiger partial charge in [0.15, 0.2) is 23.2 Å². The van der Waals surface area contributed by atoms with E-state index in [-0.39, 0.29) is 23.8 Å². The lowest BCUT2D eigenvalue weighted by molar-refractivity contribution is 0.304. The van der Waals surface area contributed by atoms with Crippen LogP contribution in [-0.4, -0.2) is 7.11 Å². The van der Waals surface area contributed by atoms with Crippen LogP contribution in [0.15, 0.2) is 54.6 Å². The van der Waals surface area contributed by atoms with E-state index in [0.29, 0.717) is 28.4 Å². The van der Waals surface area contributed by atoms with E-state index < -0.39 is 17.5 Å². The minimum Gasteiger partial charge on any atom is -0.494 e. The Balaban J connectivity index is 1.44. The van der Waals surface area contributed by atoms with Crippen LogP contribution < -0.4 is 9.47 Å². The van der Waals surface area contributed by atoms with Crippen LogP contribution in [0.2, 0.25) is 0 Å². The van der Waals surface area contributed by atoms with E-state index in [0.717, 1.165) is 32.1 Å². The number of hydrogen-bond acceptors (Lipinski definition) is 2. The summed E-state index contributed by atoms with van der Waals surface area (Å²) in [5.74, 6) is -0.444. The molecule has 1 aliphatic rings. The smallest absolute Gasteiger partial charge is 0.166 e. The second-order valence-corrected chi connectivity index (χ2v) is 8.74. The summed E-state index contributed by atoms with van der Waals surface area (Å²) < 4.78 is 54.4. The van der Waals surface area contributed by atoms with Crippen LogP contribution in [0.5, 0.6) is 11.5 Å². The number of hydrogen-bond donors (Lipinski definition) is 0. The van der Waals surface area contributed by atoms with Gasteiger partial charge in [0, 0.05) is 5.56 Å². The third-order valence-corrected chi connectivity index (χ3v) is 6.76. The quantitative estimate of drug-likeness (QED) is 0.360. The Hall–Kier alpha value is -2.95. The molecule has 0 atom stereocenters. The van der Waals surface area contributed by atoms with Crippen molar-refractivity contribution >= 4 is 0 Å². The topological polar surface area (TPSA) is 18.5 Å². The molecule has 1 aliphatic carbocycles. The van der Waals surface area contributed by atoms with Crippen molar-refractivity contribution in [1.82, 2.24) is 0 Å². The van der Waals surface area contributed by atoms with Crippen molar-refractivity contribution in [2.75, 3.05) is 7.11 Å². The Morgan fingerprint density at radius 3 is 2.21 bits per heavy atom. The van der Waals surface area contributed by atoms with Crippen LogP contribution in [0.4, 0.5) is 13.2 Å². The van der Waals surface area contributed by atoms with Crippen molar-refractivity contribution in [3.05, 3.63) is 83.2 Å². The molecule has 33 heavy (non-hydrogen) atoms. The van der Waals surface area contributed by atoms with E-state index in [1.54, 1.807) is 48.5 Å². The predicted octanol–water partition coefficient (Wildman–Crippen LogP) is 8.04. The SMILES string of the molecule is CCC1CCC(c2ccc(-c3ccc(OCc4ccc(OC)c(F)c4)cc3)c(F)c2F)CC1. The van der Waals surface area contributed by atoms with E-state index in [9.17, 15) is 13.2 Å². The summed E-state index contributed by atoms with van der Waals surface area (Å²) in [5, 5.41) is 0. The molecule has 2 nitrogen and oxygen atoms in total. The van der Waals surface area contributed by atoms with Crippen molar-refractivity contribution in [2.45, 2.75) is 51.6 Å². The Morgan fingerprint density at radius 1 is 0.848 bits per heavy atom. The van der Waals surface area contributed by atoms with Crippen LogP contribution >= 0.6 is 0 Å². The van der Waals surface area contributed by atoms with Gasteiger partial charge < -0.3 is 9.47 Å². The van der Waals surface area contributed by atoms with Gasteiger partial charge in [-0.1, -0.05) is 43.7 Å². The summed E-state index contributed by atoms with van der Waals surface area (Å²) >= 11 is 0. The summed E-state index contributed by atoms with van der Waals surface area (Å²) in [7, 11) is 1.41. The first-order valence-electron chi connectivity index (χ1n) is 11.5. The van der Waals surface area contributed by atoms with Crippen molar-refractivity contribution in [1.29, 1.82) is 0 Å². The highest BCUT2D eigenvalue weighted by Gasteiger charge is 2.26. The van der Waals surface area contributed by atoms with Crippen LogP contribution in [0.3, 0.4) is 0 Å². The van der Waals surface area contributed by atoms with E-state index in [2.05, 4.69) is 6.92 Å². The van der Waals surface area contributed by atoms with Crippen molar-refractivity contribution in [3.63, 3.8) is 0 Å². The number of ether oxygens (including phenoxy) is 2. The largest absolute Gasteiger partial charge is 0.494 e. The summed E-state index contributed by atoms with van der Waals surface area (Å²) in [6, 6.07) is 14.9. The first kappa shape index (κ1) is 23.2. The highest BCUT2D eigenvalue weighted by Crippen LogP contribution is 2.39. The van der Waals surface area contributed by atoms with Crippen LogP contribution in [0.25, 0.3) is 11.1 Å². The normalized spacial score (nSPS) is 18.2. The molecule has 0 aromatic heterocycles. The standard InChI is InChI=1S/C28H29F3O2/c1-3-18-4-7-20(8-5-18)23-13-14-24(28(31)27(23)30)21-9-11-22(12-10-21)33-17-19-6-15-26(32-2)25(29)16-19/h6,9-16,18,20H,3-5,7-8,17H2,1-2H3. The Kier molecular flexibility index (Phi) is 7.26. The average Bonchev–Trinajstić information content (AvgIpc) is 2.85. The maximum atomic E-state index is 15.0. The molecule has 3 aromatic rings. The molecule has 0 radical (unpaired) electrons. The maximum absolute atomic E-state index is 15.0. The van der Waals surface area contributed by atoms with Crippen LogP contribution in [0, 0.1) is 23.4 Å². The van der Waals surface area contributed by atoms with Gasteiger partial charge in [-0.3, -0.25) is 0 Å². The average molecular weight is 455 g/mol. The second-order valence-electron chi connectivity index (χ2n) is 8.74. The minimum atomic E-state index is -0.799. The molecule has 0 bridgehead atoms. The van der Waals surface area contributed by atoms with Crippen molar-refractivity contribution in [3.8, 4) is 22.6 Å². The molecular formula is C28H29F3O2. The zero-order valence-electron chi connectivity index (χ0n) is 19.0. The third-order valence-electron chi connectivity index (χ3n) is 6.76. The number of halogens is 3. The number of benzene rings is 3. The first-order chi connectivity index (χ1) is 16.0. The van der Waals surface area contributed by atoms with Crippen molar-refractivity contribution in [2.24, 2.45) is 5.92 Å². The van der Waals surface area contributed by atoms with Crippen molar-refractivity contribution < 1.29 is 22.6 Å². The van der Waals surface area contributed by atoms with Gasteiger partial charge in [-0.15, -0.1) is 0 Å². The molecule has 1 saturated carbocycles. The fraction of sp³-hybridized carbons (Fsp3) is 0.357. The van der Waals surface area contributed by atoms with Gasteiger partial charge in [0.25, 0.3) is 0 Å². The van der Waals surface area contributed by atoms with Gasteiger partial charge in [0.1, 0.15) is 12.4 Å². The fourth-order valence-electron chi connectivity index (χ4n) is 4.68. The van der Waals surface area contributed by atoms with Crippen LogP contribution in [0.1, 0.15) is 56.1 Å². The van der Waals surface area contributed by atoms with Gasteiger partial charge in [-0.05, 0) is 78.5 Å². The van der Waals surface area contributed by atoms with E-state index >= 15 is 0 Å². The number of rotatable bonds is 7. The molecule has 0 unspecified atom stereocenters. The Morgan fingerprint density at radius 2 is 1.58 bits per heavy atom. The molecule has 0 spiro atoms. The predicted molar refractivity (Wildman–Crippen MR) is 124 cm³/mol. The van der Waals surface area contributed by atoms with Gasteiger partial charge >= 0.3 is 0 Å². The Bertz CT molecular complexity index is 1090. The number of methoxy groups -OCH3 is 1. The molecule has 0 saturated heterocycles. The highest BCUT2D eigenvalue weighted by molar-refractivity contribution is 5.65. The summed E-state index contributed by atoms with van der Waals surface area (Å²) in [6.07, 6.45) is 5.14. The molecular weight excluding hydrogens is 425 g/mol. The van der Waals surface area contributed by atoms with Crippen LogP contribution in [-0.2, 0) is 6.61 Å². The lowest BCUT2D eigenvalue weighted by Crippen LogP contribution is -2.14. The van der Waals surface area contributed by atoms with Gasteiger partial charge in [0.05, 0.1) is 7.11 Å². The van der Waals surface area contributed by atoms with E-state index in [4.69, 9.17) is 9.47 Å². The monoisotopic (exact) mass is 454 g/mol. The lowest BCUT2D eigenvalue weighted by Gasteiger charge is -2.28. The van der Waals surface area contributed by atoms with Gasteiger partial charge in [-0.2, -0.15) is 0 Å². The van der Waals surface area contributed by atoms with E-state index in [1.165, 1.54) is 13.2 Å². The Labute approximate surface area is 193 Å². The second kappa shape index (κ2) is 10.3. The summed E-state index contributed by atoms with van der Waals surface area (Å²) in [6.45, 7) is 2.37. The van der Waals surface area contributed by atoms with Gasteiger partial charge in [0.2, 0.25) is 0 Å². The minimum absolute atomic E-state index is 0.0925. The first-order valence-corrected chi connectivity index (χ1v) is 11.5. The molecule has 4 rings (SSSR count). The zero-order valence-corrected chi connectivity index (χ0v) is 19.0. The molecule has 174 valence electrons. The summed E-state index contributed by atoms with van der Waals surface area (Å²) in [5.41, 5.74) is 1.98. The van der Waals surface area contributed by atoms with Gasteiger partial charge in [-0.25, -0.2) is 13.2 Å². The zero-order chi connectivity index (χ0) is 23.4. The third kappa shape index (κ3) is 5.18. The molecule has 1 fully saturated rings.